The Balaban J connectivity index is 2.60. The highest BCUT2D eigenvalue weighted by Crippen LogP contribution is 2.34. The highest BCUT2D eigenvalue weighted by Gasteiger charge is 2.12. The number of halogens is 1. The van der Waals surface area contributed by atoms with Gasteiger partial charge in [0, 0.05) is 10.6 Å². The van der Waals surface area contributed by atoms with Gasteiger partial charge in [-0.15, -0.1) is 0 Å². The highest BCUT2D eigenvalue weighted by molar-refractivity contribution is 6.32. The van der Waals surface area contributed by atoms with Crippen LogP contribution in [0.25, 0.3) is 5.57 Å². The van der Waals surface area contributed by atoms with Gasteiger partial charge in [0.2, 0.25) is 0 Å². The molecule has 0 heterocycles. The van der Waals surface area contributed by atoms with Crippen molar-refractivity contribution in [3.05, 3.63) is 87.0 Å². The van der Waals surface area contributed by atoms with Crippen LogP contribution < -0.4 is 0 Å². The van der Waals surface area contributed by atoms with Crippen molar-refractivity contribution in [1.29, 1.82) is 0 Å². The third-order valence-corrected chi connectivity index (χ3v) is 4.78. The summed E-state index contributed by atoms with van der Waals surface area (Å²) in [5.74, 6) is 0. The lowest BCUT2D eigenvalue weighted by Crippen LogP contribution is -1.94. The molecule has 0 amide bonds. The SMILES string of the molecule is C=C(C)/C(=C\C1=C(C)CC(C)=C(C)C=C1)c1c(C)cccc1Cl. The molecule has 1 aromatic carbocycles. The fourth-order valence-corrected chi connectivity index (χ4v) is 3.17. The van der Waals surface area contributed by atoms with E-state index in [-0.39, 0.29) is 0 Å². The largest absolute Gasteiger partial charge is 0.0955 e. The van der Waals surface area contributed by atoms with E-state index in [2.05, 4.69) is 58.6 Å². The first-order valence-electron chi connectivity index (χ1n) is 7.98. The summed E-state index contributed by atoms with van der Waals surface area (Å²) in [7, 11) is 0. The van der Waals surface area contributed by atoms with Crippen molar-refractivity contribution in [1.82, 2.24) is 0 Å². The van der Waals surface area contributed by atoms with Gasteiger partial charge in [0.15, 0.2) is 0 Å². The molecule has 0 spiro atoms. The second-order valence-corrected chi connectivity index (χ2v) is 6.89. The highest BCUT2D eigenvalue weighted by atomic mass is 35.5. The van der Waals surface area contributed by atoms with E-state index >= 15 is 0 Å². The first-order chi connectivity index (χ1) is 10.8. The fraction of sp³-hybridized carbons (Fsp3) is 0.273. The summed E-state index contributed by atoms with van der Waals surface area (Å²) in [4.78, 5) is 0. The van der Waals surface area contributed by atoms with Crippen molar-refractivity contribution in [2.75, 3.05) is 0 Å². The lowest BCUT2D eigenvalue weighted by atomic mass is 9.92. The smallest absolute Gasteiger partial charge is 0.0487 e. The molecule has 0 fully saturated rings. The topological polar surface area (TPSA) is 0 Å². The third-order valence-electron chi connectivity index (χ3n) is 4.46. The molecule has 1 aromatic rings. The molecule has 0 aromatic heterocycles. The van der Waals surface area contributed by atoms with E-state index in [0.29, 0.717) is 0 Å². The van der Waals surface area contributed by atoms with Crippen LogP contribution in [0.5, 0.6) is 0 Å². The number of rotatable bonds is 3. The molecule has 0 unspecified atom stereocenters. The van der Waals surface area contributed by atoms with E-state index in [1.165, 1.54) is 27.9 Å². The maximum absolute atomic E-state index is 6.48. The summed E-state index contributed by atoms with van der Waals surface area (Å²) >= 11 is 6.48. The van der Waals surface area contributed by atoms with E-state index in [4.69, 9.17) is 11.6 Å². The van der Waals surface area contributed by atoms with Crippen molar-refractivity contribution >= 4 is 17.2 Å². The van der Waals surface area contributed by atoms with Gasteiger partial charge in [0.05, 0.1) is 0 Å². The van der Waals surface area contributed by atoms with Crippen LogP contribution >= 0.6 is 11.6 Å². The third kappa shape index (κ3) is 3.95. The van der Waals surface area contributed by atoms with E-state index in [1.54, 1.807) is 0 Å². The minimum absolute atomic E-state index is 0.778. The fourth-order valence-electron chi connectivity index (χ4n) is 2.85. The van der Waals surface area contributed by atoms with Gasteiger partial charge in [-0.05, 0) is 69.9 Å². The van der Waals surface area contributed by atoms with Crippen LogP contribution in [0.15, 0.2) is 70.9 Å². The quantitative estimate of drug-likeness (QED) is 0.515. The van der Waals surface area contributed by atoms with Crippen molar-refractivity contribution in [3.63, 3.8) is 0 Å². The maximum Gasteiger partial charge on any atom is 0.0487 e. The van der Waals surface area contributed by atoms with Crippen molar-refractivity contribution in [2.45, 2.75) is 41.0 Å². The van der Waals surface area contributed by atoms with Crippen LogP contribution in [-0.4, -0.2) is 0 Å². The van der Waals surface area contributed by atoms with E-state index < -0.39 is 0 Å². The Kier molecular flexibility index (Phi) is 5.49. The molecule has 0 bridgehead atoms. The monoisotopic (exact) mass is 324 g/mol. The summed E-state index contributed by atoms with van der Waals surface area (Å²) in [6, 6.07) is 6.03. The molecule has 1 heteroatoms. The zero-order valence-corrected chi connectivity index (χ0v) is 15.5. The van der Waals surface area contributed by atoms with Crippen LogP contribution in [0.4, 0.5) is 0 Å². The molecule has 0 saturated heterocycles. The molecule has 0 N–H and O–H groups in total. The molecule has 1 aliphatic carbocycles. The summed E-state index contributed by atoms with van der Waals surface area (Å²) in [6.45, 7) is 14.9. The Labute approximate surface area is 145 Å². The molecule has 2 rings (SSSR count). The lowest BCUT2D eigenvalue weighted by molar-refractivity contribution is 1.08. The van der Waals surface area contributed by atoms with Gasteiger partial charge in [0.25, 0.3) is 0 Å². The van der Waals surface area contributed by atoms with Crippen molar-refractivity contribution < 1.29 is 0 Å². The van der Waals surface area contributed by atoms with Crippen LogP contribution in [-0.2, 0) is 0 Å². The number of hydrogen-bond acceptors (Lipinski definition) is 0. The molecular formula is C22H25Cl. The zero-order valence-electron chi connectivity index (χ0n) is 14.8. The van der Waals surface area contributed by atoms with Crippen LogP contribution in [0.3, 0.4) is 0 Å². The molecule has 1 aliphatic rings. The summed E-state index contributed by atoms with van der Waals surface area (Å²) in [5, 5.41) is 0.778. The van der Waals surface area contributed by atoms with E-state index in [1.807, 2.05) is 19.1 Å². The molecule has 0 nitrogen and oxygen atoms in total. The number of benzene rings is 1. The standard InChI is InChI=1S/C22H25Cl/c1-14(2)20(22-16(4)8-7-9-21(22)23)13-19-11-10-15(3)17(5)12-18(19)6/h7-11,13H,1,12H2,2-6H3/b20-13+. The first kappa shape index (κ1) is 17.6. The average Bonchev–Trinajstić information content (AvgIpc) is 2.58. The van der Waals surface area contributed by atoms with Crippen molar-refractivity contribution in [3.8, 4) is 0 Å². The first-order valence-corrected chi connectivity index (χ1v) is 8.36. The number of aryl methyl sites for hydroxylation is 1. The molecule has 120 valence electrons. The van der Waals surface area contributed by atoms with Crippen LogP contribution in [0.1, 0.15) is 45.2 Å². The van der Waals surface area contributed by atoms with Gasteiger partial charge in [0.1, 0.15) is 0 Å². The Hall–Kier alpha value is -1.79. The predicted octanol–water partition coefficient (Wildman–Crippen LogP) is 7.22. The Morgan fingerprint density at radius 2 is 1.78 bits per heavy atom. The number of hydrogen-bond donors (Lipinski definition) is 0. The van der Waals surface area contributed by atoms with Gasteiger partial charge in [-0.1, -0.05) is 64.8 Å². The van der Waals surface area contributed by atoms with Gasteiger partial charge >= 0.3 is 0 Å². The van der Waals surface area contributed by atoms with Gasteiger partial charge in [-0.2, -0.15) is 0 Å². The van der Waals surface area contributed by atoms with Gasteiger partial charge < -0.3 is 0 Å². The predicted molar refractivity (Wildman–Crippen MR) is 104 cm³/mol. The zero-order chi connectivity index (χ0) is 17.1. The second-order valence-electron chi connectivity index (χ2n) is 6.48. The Bertz CT molecular complexity index is 747. The molecule has 0 atom stereocenters. The minimum Gasteiger partial charge on any atom is -0.0955 e. The second kappa shape index (κ2) is 7.19. The maximum atomic E-state index is 6.48. The molecular weight excluding hydrogens is 300 g/mol. The van der Waals surface area contributed by atoms with E-state index in [0.717, 1.165) is 28.2 Å². The molecule has 0 saturated carbocycles. The Morgan fingerprint density at radius 1 is 1.09 bits per heavy atom. The van der Waals surface area contributed by atoms with Crippen LogP contribution in [0, 0.1) is 6.92 Å². The van der Waals surface area contributed by atoms with Crippen molar-refractivity contribution in [2.24, 2.45) is 0 Å². The molecule has 0 radical (unpaired) electrons. The number of allylic oxidation sites excluding steroid dienone is 9. The normalized spacial score (nSPS) is 16.0. The summed E-state index contributed by atoms with van der Waals surface area (Å²) in [5.41, 5.74) is 9.79. The van der Waals surface area contributed by atoms with Gasteiger partial charge in [-0.25, -0.2) is 0 Å². The summed E-state index contributed by atoms with van der Waals surface area (Å²) in [6.07, 6.45) is 7.65. The minimum atomic E-state index is 0.778. The molecule has 0 aliphatic heterocycles. The van der Waals surface area contributed by atoms with Crippen LogP contribution in [0.2, 0.25) is 5.02 Å². The Morgan fingerprint density at radius 3 is 2.39 bits per heavy atom. The van der Waals surface area contributed by atoms with E-state index in [9.17, 15) is 0 Å². The average molecular weight is 325 g/mol. The summed E-state index contributed by atoms with van der Waals surface area (Å²) < 4.78 is 0. The van der Waals surface area contributed by atoms with Gasteiger partial charge in [-0.3, -0.25) is 0 Å². The molecule has 23 heavy (non-hydrogen) atoms. The lowest BCUT2D eigenvalue weighted by Gasteiger charge is -2.14.